The average molecular weight is 940 g/mol. The maximum atomic E-state index is 11.9. The van der Waals surface area contributed by atoms with E-state index in [1.54, 1.807) is 0 Å². The predicted molar refractivity (Wildman–Crippen MR) is 267 cm³/mol. The Morgan fingerprint density at radius 2 is 0.803 bits per heavy atom. The molecule has 4 aromatic rings. The number of rotatable bonds is 22. The number of benzene rings is 4. The van der Waals surface area contributed by atoms with Gasteiger partial charge in [-0.15, -0.1) is 12.4 Å². The van der Waals surface area contributed by atoms with E-state index in [1.165, 1.54) is 0 Å². The Kier molecular flexibility index (Phi) is 39.4. The van der Waals surface area contributed by atoms with Gasteiger partial charge in [0, 0.05) is 13.0 Å². The van der Waals surface area contributed by atoms with Gasteiger partial charge in [0.05, 0.1) is 19.8 Å². The smallest absolute Gasteiger partial charge is 0.323 e. The quantitative estimate of drug-likeness (QED) is 0.0311. The number of carbonyl (C=O) groups is 4. The Hall–Kier alpha value is -5.15. The zero-order valence-corrected chi connectivity index (χ0v) is 41.4. The third kappa shape index (κ3) is 31.7. The number of likely N-dealkylation sites (N-methyl/N-ethyl adjacent to an activating group) is 2. The monoisotopic (exact) mass is 939 g/mol. The van der Waals surface area contributed by atoms with Crippen LogP contribution in [-0.2, 0) is 63.8 Å². The van der Waals surface area contributed by atoms with Crippen molar-refractivity contribution in [3.8, 4) is 0 Å². The maximum absolute atomic E-state index is 11.9. The summed E-state index contributed by atoms with van der Waals surface area (Å²) in [5, 5.41) is 7.88. The highest BCUT2D eigenvalue weighted by atomic mass is 35.5. The summed E-state index contributed by atoms with van der Waals surface area (Å²) in [4.78, 5) is 48.8. The molecule has 4 atom stereocenters. The highest BCUT2D eigenvalue weighted by Gasteiger charge is 2.23. The number of ether oxygens (including phenoxy) is 4. The molecule has 5 N–H and O–H groups in total. The summed E-state index contributed by atoms with van der Waals surface area (Å²) >= 11 is 0. The molecule has 4 unspecified atom stereocenters. The van der Waals surface area contributed by atoms with Crippen LogP contribution < -0.4 is 11.5 Å². The fraction of sp³-hybridized carbons (Fsp3) is 0.462. The second-order valence-corrected chi connectivity index (χ2v) is 15.3. The Labute approximate surface area is 401 Å². The van der Waals surface area contributed by atoms with Crippen molar-refractivity contribution < 1.29 is 43.2 Å². The fourth-order valence-corrected chi connectivity index (χ4v) is 5.45. The molecule has 0 aliphatic heterocycles. The van der Waals surface area contributed by atoms with Crippen molar-refractivity contribution in [3.63, 3.8) is 0 Å². The molecule has 0 aliphatic rings. The number of carbonyl (C=O) groups excluding carboxylic acids is 4. The first-order chi connectivity index (χ1) is 31.3. The molecule has 0 aliphatic carbocycles. The third-order valence-electron chi connectivity index (χ3n) is 9.01. The maximum Gasteiger partial charge on any atom is 0.323 e. The van der Waals surface area contributed by atoms with Gasteiger partial charge < -0.3 is 29.8 Å². The highest BCUT2D eigenvalue weighted by Crippen LogP contribution is 2.10. The number of aliphatic hydroxyl groups excluding tert-OH is 1. The first-order valence-electron chi connectivity index (χ1n) is 22.5. The molecule has 14 heteroatoms. The highest BCUT2D eigenvalue weighted by molar-refractivity contribution is 5.85. The average Bonchev–Trinajstić information content (AvgIpc) is 3.32. The second kappa shape index (κ2) is 41.3. The van der Waals surface area contributed by atoms with Crippen LogP contribution in [-0.4, -0.2) is 118 Å². The number of aliphatic hydroxyl groups is 1. The molecule has 0 radical (unpaired) electrons. The molecule has 66 heavy (non-hydrogen) atoms. The van der Waals surface area contributed by atoms with Crippen LogP contribution in [0.15, 0.2) is 121 Å². The number of nitrogens with zero attached hydrogens (tertiary/aromatic N) is 2. The van der Waals surface area contributed by atoms with Gasteiger partial charge in [-0.05, 0) is 95.4 Å². The molecule has 0 saturated heterocycles. The summed E-state index contributed by atoms with van der Waals surface area (Å²) in [7, 11) is 7.61. The lowest BCUT2D eigenvalue weighted by Gasteiger charge is -2.22. The van der Waals surface area contributed by atoms with E-state index in [9.17, 15) is 19.2 Å². The lowest BCUT2D eigenvalue weighted by atomic mass is 10.1. The zero-order chi connectivity index (χ0) is 48.7. The molecule has 0 saturated carbocycles. The standard InChI is InChI=1S/2C14H21NO2.C12H17NO2.C9H11NO2.C3H8O.ClH/c2*1-4-10-17-14(16)13(15(2)3)11-12-8-6-5-7-9-12;1-2-8-15-12(14)11(13)9-10-6-4-3-5-7-10;10-9(12-7-11)6-8-4-2-1-3-5-8;1-2-3-4;/h2*5-9,13H,4,10-11H2,1-3H3;3-7,11H,2,8-9,13H2,1H3;1-5,7,9H,6,10H2;4H,2-3H2,1H3;1H. The van der Waals surface area contributed by atoms with Gasteiger partial charge >= 0.3 is 17.9 Å². The lowest BCUT2D eigenvalue weighted by molar-refractivity contribution is -0.149. The largest absolute Gasteiger partial charge is 0.465 e. The van der Waals surface area contributed by atoms with Gasteiger partial charge in [0.2, 0.25) is 0 Å². The predicted octanol–water partition coefficient (Wildman–Crippen LogP) is 7.23. The van der Waals surface area contributed by atoms with E-state index in [0.29, 0.717) is 58.6 Å². The third-order valence-corrected chi connectivity index (χ3v) is 9.01. The number of nitrogens with two attached hydrogens (primary N) is 2. The zero-order valence-electron chi connectivity index (χ0n) is 40.6. The van der Waals surface area contributed by atoms with E-state index in [4.69, 9.17) is 30.8 Å². The normalized spacial score (nSPS) is 11.8. The molecular formula is C52H79ClN4O9. The van der Waals surface area contributed by atoms with Gasteiger partial charge in [-0.3, -0.25) is 34.7 Å². The van der Waals surface area contributed by atoms with E-state index in [-0.39, 0.29) is 42.4 Å². The van der Waals surface area contributed by atoms with Gasteiger partial charge in [0.1, 0.15) is 18.1 Å². The van der Waals surface area contributed by atoms with Crippen LogP contribution in [0.3, 0.4) is 0 Å². The Morgan fingerprint density at radius 3 is 1.08 bits per heavy atom. The van der Waals surface area contributed by atoms with Crippen LogP contribution >= 0.6 is 12.4 Å². The van der Waals surface area contributed by atoms with Crippen molar-refractivity contribution in [1.29, 1.82) is 0 Å². The Bertz CT molecular complexity index is 1690. The SMILES string of the molecule is CCCO.CCCOC(=O)C(Cc1ccccc1)N(C)C.CCCOC(=O)C(Cc1ccccc1)N(C)C.CCCOC(=O)C(N)Cc1ccccc1.Cl.NC(Cc1ccccc1)OC=O. The van der Waals surface area contributed by atoms with E-state index in [0.717, 1.165) is 47.9 Å². The first-order valence-corrected chi connectivity index (χ1v) is 22.5. The van der Waals surface area contributed by atoms with Gasteiger partial charge in [-0.25, -0.2) is 0 Å². The lowest BCUT2D eigenvalue weighted by Crippen LogP contribution is -2.39. The number of esters is 3. The molecule has 4 rings (SSSR count). The minimum absolute atomic E-state index is 0. The van der Waals surface area contributed by atoms with E-state index in [1.807, 2.05) is 187 Å². The summed E-state index contributed by atoms with van der Waals surface area (Å²) in [6.45, 7) is 10.0. The van der Waals surface area contributed by atoms with Gasteiger partial charge in [0.25, 0.3) is 6.47 Å². The fourth-order valence-electron chi connectivity index (χ4n) is 5.45. The summed E-state index contributed by atoms with van der Waals surface area (Å²) in [6.07, 6.45) is 5.35. The van der Waals surface area contributed by atoms with Crippen molar-refractivity contribution in [3.05, 3.63) is 144 Å². The molecular weight excluding hydrogens is 860 g/mol. The Balaban J connectivity index is 0. The number of hydrogen-bond acceptors (Lipinski definition) is 13. The minimum atomic E-state index is -0.557. The summed E-state index contributed by atoms with van der Waals surface area (Å²) in [5.41, 5.74) is 15.6. The topological polar surface area (TPSA) is 184 Å². The number of halogens is 1. The molecule has 0 aromatic heterocycles. The minimum Gasteiger partial charge on any atom is -0.465 e. The first kappa shape index (κ1) is 62.9. The van der Waals surface area contributed by atoms with Gasteiger partial charge in [-0.1, -0.05) is 149 Å². The van der Waals surface area contributed by atoms with E-state index in [2.05, 4.69) is 4.74 Å². The summed E-state index contributed by atoms with van der Waals surface area (Å²) in [6, 6.07) is 38.4. The van der Waals surface area contributed by atoms with Crippen LogP contribution in [0.2, 0.25) is 0 Å². The molecule has 0 fully saturated rings. The molecule has 0 bridgehead atoms. The summed E-state index contributed by atoms with van der Waals surface area (Å²) in [5.74, 6) is -0.595. The summed E-state index contributed by atoms with van der Waals surface area (Å²) < 4.78 is 19.9. The van der Waals surface area contributed by atoms with Crippen molar-refractivity contribution >= 4 is 36.8 Å². The van der Waals surface area contributed by atoms with Gasteiger partial charge in [0.15, 0.2) is 6.23 Å². The van der Waals surface area contributed by atoms with Crippen LogP contribution in [0.1, 0.15) is 75.6 Å². The molecule has 4 aromatic carbocycles. The van der Waals surface area contributed by atoms with Crippen molar-refractivity contribution in [2.24, 2.45) is 11.5 Å². The molecule has 0 amide bonds. The Morgan fingerprint density at radius 1 is 0.515 bits per heavy atom. The molecule has 368 valence electrons. The van der Waals surface area contributed by atoms with Crippen molar-refractivity contribution in [2.45, 2.75) is 103 Å². The van der Waals surface area contributed by atoms with Crippen LogP contribution in [0, 0.1) is 0 Å². The van der Waals surface area contributed by atoms with Crippen LogP contribution in [0.25, 0.3) is 0 Å². The number of hydrogen-bond donors (Lipinski definition) is 3. The molecule has 13 nitrogen and oxygen atoms in total. The van der Waals surface area contributed by atoms with Crippen LogP contribution in [0.5, 0.6) is 0 Å². The van der Waals surface area contributed by atoms with Crippen LogP contribution in [0.4, 0.5) is 0 Å². The molecule has 0 spiro atoms. The van der Waals surface area contributed by atoms with E-state index >= 15 is 0 Å². The van der Waals surface area contributed by atoms with Crippen molar-refractivity contribution in [2.75, 3.05) is 54.6 Å². The second-order valence-electron chi connectivity index (χ2n) is 15.3. The van der Waals surface area contributed by atoms with Gasteiger partial charge in [-0.2, -0.15) is 0 Å². The van der Waals surface area contributed by atoms with Crippen molar-refractivity contribution in [1.82, 2.24) is 9.80 Å². The van der Waals surface area contributed by atoms with E-state index < -0.39 is 12.3 Å². The molecule has 0 heterocycles.